The lowest BCUT2D eigenvalue weighted by atomic mass is 10.1. The number of fused-ring (bicyclic) bond motifs is 1. The van der Waals surface area contributed by atoms with E-state index in [4.69, 9.17) is 10.5 Å². The molecule has 1 aromatic rings. The molecule has 1 aromatic carbocycles. The van der Waals surface area contributed by atoms with Crippen LogP contribution in [0.25, 0.3) is 0 Å². The van der Waals surface area contributed by atoms with E-state index in [0.717, 1.165) is 37.8 Å². The van der Waals surface area contributed by atoms with E-state index in [9.17, 15) is 0 Å². The van der Waals surface area contributed by atoms with E-state index in [1.54, 1.807) is 0 Å². The van der Waals surface area contributed by atoms with Crippen molar-refractivity contribution in [1.82, 2.24) is 4.90 Å². The predicted molar refractivity (Wildman–Crippen MR) is 72.9 cm³/mol. The van der Waals surface area contributed by atoms with Gasteiger partial charge in [0.2, 0.25) is 0 Å². The summed E-state index contributed by atoms with van der Waals surface area (Å²) in [6.45, 7) is 4.91. The van der Waals surface area contributed by atoms with Crippen molar-refractivity contribution in [3.8, 4) is 5.75 Å². The molecule has 0 saturated heterocycles. The first-order chi connectivity index (χ1) is 8.76. The minimum absolute atomic E-state index is 0.314. The molecule has 0 amide bonds. The Morgan fingerprint density at radius 2 is 2.22 bits per heavy atom. The summed E-state index contributed by atoms with van der Waals surface area (Å²) in [7, 11) is 0. The molecule has 3 rings (SSSR count). The molecule has 1 atom stereocenters. The van der Waals surface area contributed by atoms with Crippen molar-refractivity contribution in [2.45, 2.75) is 38.3 Å². The Bertz CT molecular complexity index is 429. The van der Waals surface area contributed by atoms with Gasteiger partial charge in [0.25, 0.3) is 0 Å². The van der Waals surface area contributed by atoms with Gasteiger partial charge in [0.15, 0.2) is 0 Å². The molecule has 98 valence electrons. The van der Waals surface area contributed by atoms with Crippen LogP contribution in [0.1, 0.15) is 24.0 Å². The van der Waals surface area contributed by atoms with Crippen LogP contribution in [0.5, 0.6) is 5.75 Å². The summed E-state index contributed by atoms with van der Waals surface area (Å²) in [6, 6.07) is 7.25. The van der Waals surface area contributed by atoms with Crippen LogP contribution in [0, 0.1) is 6.92 Å². The zero-order chi connectivity index (χ0) is 12.5. The Kier molecular flexibility index (Phi) is 3.27. The number of benzene rings is 1. The van der Waals surface area contributed by atoms with Gasteiger partial charge in [0.05, 0.1) is 0 Å². The maximum atomic E-state index is 6.03. The lowest BCUT2D eigenvalue weighted by Crippen LogP contribution is -2.39. The second-order valence-electron chi connectivity index (χ2n) is 5.57. The topological polar surface area (TPSA) is 38.5 Å². The summed E-state index contributed by atoms with van der Waals surface area (Å²) in [5.41, 5.74) is 8.37. The Hall–Kier alpha value is -1.06. The summed E-state index contributed by atoms with van der Waals surface area (Å²) in [5.74, 6) is 1.08. The summed E-state index contributed by atoms with van der Waals surface area (Å²) >= 11 is 0. The van der Waals surface area contributed by atoms with Crippen molar-refractivity contribution in [2.24, 2.45) is 5.73 Å². The SMILES string of the molecule is Cc1ccc2c(c1)CC(CN(CCN)C1CC1)O2. The molecule has 1 heterocycles. The standard InChI is InChI=1S/C15H22N2O/c1-11-2-5-15-12(8-11)9-14(18-15)10-17(7-6-16)13-3-4-13/h2,5,8,13-14H,3-4,6-7,9-10,16H2,1H3. The van der Waals surface area contributed by atoms with Crippen molar-refractivity contribution >= 4 is 0 Å². The Morgan fingerprint density at radius 3 is 2.94 bits per heavy atom. The van der Waals surface area contributed by atoms with Gasteiger partial charge in [-0.05, 0) is 31.4 Å². The highest BCUT2D eigenvalue weighted by atomic mass is 16.5. The average Bonchev–Trinajstić information content (AvgIpc) is 3.10. The molecule has 1 fully saturated rings. The van der Waals surface area contributed by atoms with E-state index in [-0.39, 0.29) is 0 Å². The molecule has 0 spiro atoms. The number of hydrogen-bond donors (Lipinski definition) is 1. The lowest BCUT2D eigenvalue weighted by molar-refractivity contribution is 0.147. The van der Waals surface area contributed by atoms with Crippen LogP contribution in [-0.4, -0.2) is 36.7 Å². The Labute approximate surface area is 109 Å². The first kappa shape index (κ1) is 12.0. The normalized spacial score (nSPS) is 22.1. The molecule has 1 aliphatic carbocycles. The average molecular weight is 246 g/mol. The molecule has 18 heavy (non-hydrogen) atoms. The fourth-order valence-corrected chi connectivity index (χ4v) is 2.84. The number of ether oxygens (including phenoxy) is 1. The van der Waals surface area contributed by atoms with Crippen LogP contribution in [0.2, 0.25) is 0 Å². The van der Waals surface area contributed by atoms with Gasteiger partial charge < -0.3 is 10.5 Å². The largest absolute Gasteiger partial charge is 0.488 e. The molecule has 1 unspecified atom stereocenters. The van der Waals surface area contributed by atoms with Crippen LogP contribution >= 0.6 is 0 Å². The van der Waals surface area contributed by atoms with E-state index >= 15 is 0 Å². The minimum atomic E-state index is 0.314. The van der Waals surface area contributed by atoms with E-state index < -0.39 is 0 Å². The van der Waals surface area contributed by atoms with Crippen molar-refractivity contribution < 1.29 is 4.74 Å². The molecule has 0 aromatic heterocycles. The number of hydrogen-bond acceptors (Lipinski definition) is 3. The summed E-state index contributed by atoms with van der Waals surface area (Å²) in [4.78, 5) is 2.50. The number of nitrogens with two attached hydrogens (primary N) is 1. The highest BCUT2D eigenvalue weighted by Crippen LogP contribution is 2.32. The third-order valence-corrected chi connectivity index (χ3v) is 3.87. The molecule has 1 aliphatic heterocycles. The monoisotopic (exact) mass is 246 g/mol. The highest BCUT2D eigenvalue weighted by molar-refractivity contribution is 5.40. The summed E-state index contributed by atoms with van der Waals surface area (Å²) in [5, 5.41) is 0. The maximum Gasteiger partial charge on any atom is 0.123 e. The molecule has 0 bridgehead atoms. The molecule has 3 heteroatoms. The summed E-state index contributed by atoms with van der Waals surface area (Å²) in [6.07, 6.45) is 4.02. The second kappa shape index (κ2) is 4.90. The van der Waals surface area contributed by atoms with Gasteiger partial charge in [-0.1, -0.05) is 17.7 Å². The van der Waals surface area contributed by atoms with Crippen LogP contribution in [-0.2, 0) is 6.42 Å². The fraction of sp³-hybridized carbons (Fsp3) is 0.600. The number of nitrogens with zero attached hydrogens (tertiary/aromatic N) is 1. The van der Waals surface area contributed by atoms with Crippen molar-refractivity contribution in [3.05, 3.63) is 29.3 Å². The lowest BCUT2D eigenvalue weighted by Gasteiger charge is -2.24. The van der Waals surface area contributed by atoms with Gasteiger partial charge in [-0.25, -0.2) is 0 Å². The van der Waals surface area contributed by atoms with Gasteiger partial charge in [0.1, 0.15) is 11.9 Å². The third kappa shape index (κ3) is 2.52. The van der Waals surface area contributed by atoms with Crippen LogP contribution in [0.15, 0.2) is 18.2 Å². The Balaban J connectivity index is 1.62. The molecular weight excluding hydrogens is 224 g/mol. The first-order valence-electron chi connectivity index (χ1n) is 6.96. The minimum Gasteiger partial charge on any atom is -0.488 e. The molecule has 1 saturated carbocycles. The van der Waals surface area contributed by atoms with Crippen LogP contribution < -0.4 is 10.5 Å². The van der Waals surface area contributed by atoms with E-state index in [1.807, 2.05) is 0 Å². The van der Waals surface area contributed by atoms with Crippen molar-refractivity contribution in [1.29, 1.82) is 0 Å². The van der Waals surface area contributed by atoms with Gasteiger partial charge >= 0.3 is 0 Å². The number of aryl methyl sites for hydroxylation is 1. The second-order valence-corrected chi connectivity index (χ2v) is 5.57. The maximum absolute atomic E-state index is 6.03. The van der Waals surface area contributed by atoms with Gasteiger partial charge in [0, 0.05) is 32.1 Å². The first-order valence-corrected chi connectivity index (χ1v) is 6.96. The number of rotatable bonds is 5. The zero-order valence-electron chi connectivity index (χ0n) is 11.1. The van der Waals surface area contributed by atoms with Gasteiger partial charge in [-0.3, -0.25) is 4.90 Å². The predicted octanol–water partition coefficient (Wildman–Crippen LogP) is 1.72. The van der Waals surface area contributed by atoms with Crippen molar-refractivity contribution in [3.63, 3.8) is 0 Å². The quantitative estimate of drug-likeness (QED) is 0.860. The third-order valence-electron chi connectivity index (χ3n) is 3.87. The van der Waals surface area contributed by atoms with Gasteiger partial charge in [-0.15, -0.1) is 0 Å². The molecule has 3 nitrogen and oxygen atoms in total. The van der Waals surface area contributed by atoms with Crippen molar-refractivity contribution in [2.75, 3.05) is 19.6 Å². The fourth-order valence-electron chi connectivity index (χ4n) is 2.84. The zero-order valence-corrected chi connectivity index (χ0v) is 11.1. The van der Waals surface area contributed by atoms with Crippen LogP contribution in [0.3, 0.4) is 0 Å². The van der Waals surface area contributed by atoms with Crippen LogP contribution in [0.4, 0.5) is 0 Å². The van der Waals surface area contributed by atoms with E-state index in [2.05, 4.69) is 30.0 Å². The van der Waals surface area contributed by atoms with E-state index in [1.165, 1.54) is 24.0 Å². The molecule has 0 radical (unpaired) electrons. The van der Waals surface area contributed by atoms with E-state index in [0.29, 0.717) is 6.10 Å². The van der Waals surface area contributed by atoms with Gasteiger partial charge in [-0.2, -0.15) is 0 Å². The Morgan fingerprint density at radius 1 is 1.39 bits per heavy atom. The molecule has 2 N–H and O–H groups in total. The smallest absolute Gasteiger partial charge is 0.123 e. The highest BCUT2D eigenvalue weighted by Gasteiger charge is 2.32. The molecule has 2 aliphatic rings. The molecular formula is C15H22N2O. The summed E-state index contributed by atoms with van der Waals surface area (Å²) < 4.78 is 6.03.